The SMILES string of the molecule is CCCCCC1CCC(C2CCC(O)CC2)CC1.CCCCc1ccc(-c2ccc(-c3ccc(O)cc3)c(F)c2)cc1.CCCCc1ccc(-c2ccc(O)cc2)cc1.CCCOc1ccc(-c2ccc(O)cc2)c(F)c1F.CCCc1ccc(-c2ccc(-c3ccc(N)cc3)c(F)c2)cc1. The highest BCUT2D eigenvalue weighted by Gasteiger charge is 2.30. The van der Waals surface area contributed by atoms with Gasteiger partial charge in [0.2, 0.25) is 5.82 Å². The van der Waals surface area contributed by atoms with Crippen molar-refractivity contribution in [3.8, 4) is 89.8 Å². The molecule has 12 rings (SSSR count). The Balaban J connectivity index is 0.000000161. The number of halogens is 4. The van der Waals surface area contributed by atoms with Gasteiger partial charge in [-0.3, -0.25) is 0 Å². The van der Waals surface area contributed by atoms with Gasteiger partial charge in [0, 0.05) is 22.4 Å². The molecule has 2 aliphatic carbocycles. The van der Waals surface area contributed by atoms with Gasteiger partial charge in [-0.15, -0.1) is 0 Å². The van der Waals surface area contributed by atoms with Crippen molar-refractivity contribution in [3.63, 3.8) is 0 Å². The molecule has 532 valence electrons. The first-order valence-corrected chi connectivity index (χ1v) is 37.0. The topological polar surface area (TPSA) is 116 Å². The van der Waals surface area contributed by atoms with Crippen LogP contribution in [0.15, 0.2) is 218 Å². The highest BCUT2D eigenvalue weighted by atomic mass is 19.2. The van der Waals surface area contributed by atoms with Gasteiger partial charge in [0.15, 0.2) is 11.6 Å². The molecule has 0 bridgehead atoms. The summed E-state index contributed by atoms with van der Waals surface area (Å²) in [6.07, 6.45) is 26.5. The summed E-state index contributed by atoms with van der Waals surface area (Å²) in [5, 5.41) is 37.4. The van der Waals surface area contributed by atoms with E-state index in [1.807, 2.05) is 49.4 Å². The zero-order valence-electron chi connectivity index (χ0n) is 59.9. The normalized spacial score (nSPS) is 15.4. The van der Waals surface area contributed by atoms with Crippen LogP contribution in [0.2, 0.25) is 0 Å². The summed E-state index contributed by atoms with van der Waals surface area (Å²) in [6, 6.07) is 66.0. The number of aryl methyl sites for hydroxylation is 3. The molecule has 10 aromatic carbocycles. The molecular formula is C91H105F4NO5. The lowest BCUT2D eigenvalue weighted by molar-refractivity contribution is 0.0763. The van der Waals surface area contributed by atoms with E-state index in [-0.39, 0.29) is 40.6 Å². The fourth-order valence-corrected chi connectivity index (χ4v) is 13.4. The number of anilines is 1. The first kappa shape index (κ1) is 77.6. The Morgan fingerprint density at radius 2 is 0.703 bits per heavy atom. The van der Waals surface area contributed by atoms with Crippen LogP contribution < -0.4 is 10.5 Å². The minimum absolute atomic E-state index is 0.0200. The molecule has 0 unspecified atom stereocenters. The van der Waals surface area contributed by atoms with E-state index in [1.54, 1.807) is 66.7 Å². The molecule has 2 aliphatic rings. The van der Waals surface area contributed by atoms with E-state index in [0.29, 0.717) is 34.7 Å². The van der Waals surface area contributed by atoms with Gasteiger partial charge >= 0.3 is 0 Å². The van der Waals surface area contributed by atoms with Gasteiger partial charge in [0.1, 0.15) is 28.9 Å². The molecule has 10 heteroatoms. The molecule has 6 N–H and O–H groups in total. The van der Waals surface area contributed by atoms with Gasteiger partial charge in [-0.2, -0.15) is 4.39 Å². The Hall–Kier alpha value is -9.12. The summed E-state index contributed by atoms with van der Waals surface area (Å²) in [5.74, 6) is 1.07. The van der Waals surface area contributed by atoms with Crippen molar-refractivity contribution in [1.29, 1.82) is 0 Å². The molecule has 101 heavy (non-hydrogen) atoms. The lowest BCUT2D eigenvalue weighted by atomic mass is 9.70. The zero-order chi connectivity index (χ0) is 71.9. The standard InChI is InChI=1S/C22H21FO.C21H20FN.C17H32O.C16H18O.C15H14F2O2/c1-2-3-4-16-5-7-17(8-6-16)19-11-14-21(22(23)15-19)18-9-12-20(24)13-10-18;1-2-3-15-4-6-16(7-5-15)18-10-13-20(21(22)14-18)17-8-11-19(23)12-9-17;1-2-3-4-5-14-6-8-15(9-7-14)16-10-12-17(18)13-11-16;1-2-3-4-13-5-7-14(8-6-13)15-9-11-16(17)12-10-15;1-2-9-19-13-8-7-12(14(16)15(13)17)10-3-5-11(18)6-4-10/h5-15,24H,2-4H2,1H3;4-14H,2-3,23H2,1H3;14-18H,2-13H2,1H3;5-12,17H,2-4H2,1H3;3-8,18H,2,9H2,1H3. The number of phenolic OH excluding ortho intramolecular Hbond substituents is 3. The van der Waals surface area contributed by atoms with E-state index in [4.69, 9.17) is 10.5 Å². The maximum Gasteiger partial charge on any atom is 0.201 e. The molecule has 0 atom stereocenters. The number of aliphatic hydroxyl groups excluding tert-OH is 1. The first-order chi connectivity index (χ1) is 49.1. The molecule has 0 aliphatic heterocycles. The minimum Gasteiger partial charge on any atom is -0.508 e. The number of benzene rings is 10. The Kier molecular flexibility index (Phi) is 31.5. The third kappa shape index (κ3) is 24.3. The van der Waals surface area contributed by atoms with Crippen molar-refractivity contribution < 1.29 is 42.7 Å². The molecule has 10 aromatic rings. The predicted octanol–water partition coefficient (Wildman–Crippen LogP) is 25.4. The summed E-state index contributed by atoms with van der Waals surface area (Å²) in [4.78, 5) is 0. The second-order valence-electron chi connectivity index (χ2n) is 27.1. The fourth-order valence-electron chi connectivity index (χ4n) is 13.4. The zero-order valence-corrected chi connectivity index (χ0v) is 59.9. The van der Waals surface area contributed by atoms with Crippen LogP contribution in [0.4, 0.5) is 23.2 Å². The van der Waals surface area contributed by atoms with Crippen LogP contribution in [-0.4, -0.2) is 33.1 Å². The van der Waals surface area contributed by atoms with Gasteiger partial charge in [-0.1, -0.05) is 238 Å². The van der Waals surface area contributed by atoms with Gasteiger partial charge in [-0.05, 0) is 234 Å². The lowest BCUT2D eigenvalue weighted by Crippen LogP contribution is -2.27. The number of phenols is 3. The summed E-state index contributed by atoms with van der Waals surface area (Å²) in [5.41, 5.74) is 19.9. The molecule has 0 amide bonds. The number of unbranched alkanes of at least 4 members (excludes halogenated alkanes) is 4. The number of hydrogen-bond acceptors (Lipinski definition) is 6. The van der Waals surface area contributed by atoms with E-state index in [9.17, 15) is 38.0 Å². The molecule has 0 heterocycles. The highest BCUT2D eigenvalue weighted by molar-refractivity contribution is 5.74. The number of rotatable bonds is 22. The molecule has 2 fully saturated rings. The largest absolute Gasteiger partial charge is 0.508 e. The van der Waals surface area contributed by atoms with Crippen molar-refractivity contribution in [2.24, 2.45) is 17.8 Å². The second-order valence-corrected chi connectivity index (χ2v) is 27.1. The van der Waals surface area contributed by atoms with Crippen LogP contribution in [0.1, 0.15) is 167 Å². The van der Waals surface area contributed by atoms with Crippen molar-refractivity contribution in [3.05, 3.63) is 258 Å². The Labute approximate surface area is 599 Å². The van der Waals surface area contributed by atoms with E-state index < -0.39 is 11.6 Å². The van der Waals surface area contributed by atoms with E-state index in [1.165, 1.54) is 149 Å². The third-order valence-electron chi connectivity index (χ3n) is 19.4. The monoisotopic (exact) mass is 1370 g/mol. The number of nitrogens with two attached hydrogens (primary N) is 1. The lowest BCUT2D eigenvalue weighted by Gasteiger charge is -2.37. The molecule has 0 radical (unpaired) electrons. The predicted molar refractivity (Wildman–Crippen MR) is 412 cm³/mol. The Morgan fingerprint density at radius 1 is 0.347 bits per heavy atom. The average Bonchev–Trinajstić information content (AvgIpc) is 0.831. The summed E-state index contributed by atoms with van der Waals surface area (Å²) >= 11 is 0. The minimum atomic E-state index is -0.987. The second kappa shape index (κ2) is 41.0. The summed E-state index contributed by atoms with van der Waals surface area (Å²) in [6.45, 7) is 11.1. The van der Waals surface area contributed by atoms with Crippen LogP contribution in [0.5, 0.6) is 23.0 Å². The summed E-state index contributed by atoms with van der Waals surface area (Å²) in [7, 11) is 0. The highest BCUT2D eigenvalue weighted by Crippen LogP contribution is 2.42. The first-order valence-electron chi connectivity index (χ1n) is 37.0. The van der Waals surface area contributed by atoms with Crippen molar-refractivity contribution in [1.82, 2.24) is 0 Å². The van der Waals surface area contributed by atoms with E-state index in [2.05, 4.69) is 100 Å². The van der Waals surface area contributed by atoms with Crippen molar-refractivity contribution >= 4 is 5.69 Å². The van der Waals surface area contributed by atoms with E-state index in [0.717, 1.165) is 102 Å². The van der Waals surface area contributed by atoms with Gasteiger partial charge < -0.3 is 30.9 Å². The summed E-state index contributed by atoms with van der Waals surface area (Å²) < 4.78 is 61.9. The van der Waals surface area contributed by atoms with Crippen LogP contribution in [0.3, 0.4) is 0 Å². The molecule has 0 saturated heterocycles. The maximum absolute atomic E-state index is 14.5. The van der Waals surface area contributed by atoms with Crippen LogP contribution in [0.25, 0.3) is 66.8 Å². The molecule has 0 aromatic heterocycles. The number of aliphatic hydroxyl groups is 1. The maximum atomic E-state index is 14.5. The molecule has 2 saturated carbocycles. The average molecular weight is 1370 g/mol. The molecule has 0 spiro atoms. The number of aromatic hydroxyl groups is 3. The van der Waals surface area contributed by atoms with Crippen molar-refractivity contribution in [2.45, 2.75) is 176 Å². The smallest absolute Gasteiger partial charge is 0.201 e. The van der Waals surface area contributed by atoms with Crippen LogP contribution in [-0.2, 0) is 19.3 Å². The van der Waals surface area contributed by atoms with Crippen LogP contribution in [0, 0.1) is 41.0 Å². The Bertz CT molecular complexity index is 4010. The number of hydrogen-bond donors (Lipinski definition) is 5. The Morgan fingerprint density at radius 3 is 1.11 bits per heavy atom. The van der Waals surface area contributed by atoms with Gasteiger partial charge in [-0.25, -0.2) is 13.2 Å². The third-order valence-corrected chi connectivity index (χ3v) is 19.4. The fraction of sp³-hybridized carbons (Fsp3) is 0.341. The number of ether oxygens (including phenoxy) is 1. The van der Waals surface area contributed by atoms with Crippen molar-refractivity contribution in [2.75, 3.05) is 12.3 Å². The van der Waals surface area contributed by atoms with Gasteiger partial charge in [0.05, 0.1) is 12.7 Å². The quantitative estimate of drug-likeness (QED) is 0.0262. The van der Waals surface area contributed by atoms with Crippen LogP contribution >= 0.6 is 0 Å². The van der Waals surface area contributed by atoms with Gasteiger partial charge in [0.25, 0.3) is 0 Å². The molecular weight excluding hydrogens is 1260 g/mol. The molecule has 6 nitrogen and oxygen atoms in total. The number of nitrogen functional groups attached to an aromatic ring is 1. The van der Waals surface area contributed by atoms with E-state index >= 15 is 0 Å².